The zero-order valence-electron chi connectivity index (χ0n) is 15.9. The van der Waals surface area contributed by atoms with Crippen LogP contribution >= 0.6 is 0 Å². The minimum Gasteiger partial charge on any atom is -0.313 e. The molecule has 0 radical (unpaired) electrons. The number of aryl methyl sites for hydroxylation is 1. The van der Waals surface area contributed by atoms with E-state index in [2.05, 4.69) is 35.5 Å². The second kappa shape index (κ2) is 6.76. The van der Waals surface area contributed by atoms with Crippen LogP contribution in [0, 0.1) is 5.82 Å². The first kappa shape index (κ1) is 17.7. The van der Waals surface area contributed by atoms with Crippen molar-refractivity contribution in [2.45, 2.75) is 46.1 Å². The smallest absolute Gasteiger partial charge is 0.130 e. The van der Waals surface area contributed by atoms with E-state index in [1.54, 1.807) is 6.92 Å². The number of rotatable bonds is 5. The number of carbonyl (C=O) groups excluding carboxylic acids is 1. The third-order valence-electron chi connectivity index (χ3n) is 5.22. The molecule has 0 N–H and O–H groups in total. The molecule has 0 unspecified atom stereocenters. The lowest BCUT2D eigenvalue weighted by atomic mass is 9.97. The zero-order valence-corrected chi connectivity index (χ0v) is 15.9. The summed E-state index contributed by atoms with van der Waals surface area (Å²) >= 11 is 0. The summed E-state index contributed by atoms with van der Waals surface area (Å²) in [4.78, 5) is 16.1. The Bertz CT molecular complexity index is 1060. The summed E-state index contributed by atoms with van der Waals surface area (Å²) in [6.07, 6.45) is 3.16. The lowest BCUT2D eigenvalue weighted by Gasteiger charge is -2.15. The molecule has 3 aromatic rings. The van der Waals surface area contributed by atoms with Crippen molar-refractivity contribution in [3.63, 3.8) is 0 Å². The van der Waals surface area contributed by atoms with Crippen LogP contribution in [-0.2, 0) is 17.8 Å². The molecular weight excluding hydrogens is 339 g/mol. The number of ketones is 1. The van der Waals surface area contributed by atoms with Gasteiger partial charge < -0.3 is 9.36 Å². The number of Topliss-reactive ketones (excluding diaryl/α,β-unsaturated/α-hetero) is 1. The highest BCUT2D eigenvalue weighted by atomic mass is 19.1. The van der Waals surface area contributed by atoms with Gasteiger partial charge in [0, 0.05) is 29.4 Å². The first-order valence-corrected chi connectivity index (χ1v) is 9.41. The molecule has 4 rings (SSSR count). The molecule has 0 aliphatic carbocycles. The number of carbonyl (C=O) groups is 1. The van der Waals surface area contributed by atoms with Crippen LogP contribution in [0.15, 0.2) is 41.4 Å². The number of aliphatic imine (C=N–C) groups is 1. The third kappa shape index (κ3) is 3.09. The molecular formula is C23H23FN2O. The predicted molar refractivity (Wildman–Crippen MR) is 108 cm³/mol. The average molecular weight is 362 g/mol. The van der Waals surface area contributed by atoms with E-state index in [0.717, 1.165) is 16.8 Å². The highest BCUT2D eigenvalue weighted by Crippen LogP contribution is 2.37. The Morgan fingerprint density at radius 2 is 1.96 bits per heavy atom. The first-order chi connectivity index (χ1) is 13.0. The minimum absolute atomic E-state index is 0.192. The summed E-state index contributed by atoms with van der Waals surface area (Å²) in [5.74, 6) is 0.218. The van der Waals surface area contributed by atoms with Crippen molar-refractivity contribution in [3.05, 3.63) is 64.6 Å². The SMILES string of the molecule is CC(=O)CCc1c(C(C)C)n(-c2ccc(F)cc2)c2cc3c(cc12)CN=C3. The zero-order chi connectivity index (χ0) is 19.1. The molecule has 0 atom stereocenters. The Morgan fingerprint density at radius 1 is 1.22 bits per heavy atom. The highest BCUT2D eigenvalue weighted by Gasteiger charge is 2.23. The van der Waals surface area contributed by atoms with Crippen LogP contribution in [0.4, 0.5) is 4.39 Å². The van der Waals surface area contributed by atoms with E-state index in [1.165, 1.54) is 34.3 Å². The van der Waals surface area contributed by atoms with Gasteiger partial charge in [-0.3, -0.25) is 4.99 Å². The Balaban J connectivity index is 2.03. The van der Waals surface area contributed by atoms with Crippen LogP contribution in [0.2, 0.25) is 0 Å². The van der Waals surface area contributed by atoms with E-state index >= 15 is 0 Å². The maximum Gasteiger partial charge on any atom is 0.130 e. The van der Waals surface area contributed by atoms with Crippen molar-refractivity contribution in [1.29, 1.82) is 0 Å². The fourth-order valence-electron chi connectivity index (χ4n) is 4.02. The topological polar surface area (TPSA) is 34.4 Å². The first-order valence-electron chi connectivity index (χ1n) is 9.41. The van der Waals surface area contributed by atoms with E-state index in [9.17, 15) is 9.18 Å². The Labute approximate surface area is 158 Å². The highest BCUT2D eigenvalue weighted by molar-refractivity contribution is 5.96. The molecule has 4 heteroatoms. The molecule has 1 aliphatic heterocycles. The lowest BCUT2D eigenvalue weighted by Crippen LogP contribution is -2.05. The molecule has 0 saturated heterocycles. The fraction of sp³-hybridized carbons (Fsp3) is 0.304. The van der Waals surface area contributed by atoms with Gasteiger partial charge in [-0.15, -0.1) is 0 Å². The number of aromatic nitrogens is 1. The van der Waals surface area contributed by atoms with Crippen molar-refractivity contribution >= 4 is 22.9 Å². The molecule has 0 saturated carbocycles. The van der Waals surface area contributed by atoms with E-state index in [4.69, 9.17) is 0 Å². The Kier molecular flexibility index (Phi) is 4.42. The molecule has 0 bridgehead atoms. The number of hydrogen-bond donors (Lipinski definition) is 0. The number of benzene rings is 2. The summed E-state index contributed by atoms with van der Waals surface area (Å²) < 4.78 is 15.7. The Morgan fingerprint density at radius 3 is 2.63 bits per heavy atom. The molecule has 27 heavy (non-hydrogen) atoms. The van der Waals surface area contributed by atoms with Crippen molar-refractivity contribution < 1.29 is 9.18 Å². The van der Waals surface area contributed by atoms with Gasteiger partial charge >= 0.3 is 0 Å². The van der Waals surface area contributed by atoms with Crippen LogP contribution in [0.5, 0.6) is 0 Å². The molecule has 1 aromatic heterocycles. The number of halogens is 1. The number of hydrogen-bond acceptors (Lipinski definition) is 2. The van der Waals surface area contributed by atoms with E-state index in [-0.39, 0.29) is 17.5 Å². The van der Waals surface area contributed by atoms with E-state index in [0.29, 0.717) is 19.4 Å². The number of fused-ring (bicyclic) bond motifs is 2. The average Bonchev–Trinajstić information content (AvgIpc) is 3.20. The molecule has 0 fully saturated rings. The van der Waals surface area contributed by atoms with Crippen LogP contribution in [0.3, 0.4) is 0 Å². The molecule has 138 valence electrons. The standard InChI is InChI=1S/C23H23FN2O/c1-14(2)23-20(9-4-15(3)27)21-10-16-12-25-13-17(16)11-22(21)26(23)19-7-5-18(24)6-8-19/h5-8,10-11,13-14H,4,9,12H2,1-3H3. The monoisotopic (exact) mass is 362 g/mol. The van der Waals surface area contributed by atoms with Gasteiger partial charge in [0.05, 0.1) is 12.1 Å². The van der Waals surface area contributed by atoms with Gasteiger partial charge in [0.15, 0.2) is 0 Å². The second-order valence-corrected chi connectivity index (χ2v) is 7.57. The van der Waals surface area contributed by atoms with E-state index < -0.39 is 0 Å². The summed E-state index contributed by atoms with van der Waals surface area (Å²) in [6.45, 7) is 6.68. The lowest BCUT2D eigenvalue weighted by molar-refractivity contribution is -0.116. The third-order valence-corrected chi connectivity index (χ3v) is 5.22. The van der Waals surface area contributed by atoms with E-state index in [1.807, 2.05) is 18.3 Å². The summed E-state index contributed by atoms with van der Waals surface area (Å²) in [7, 11) is 0. The minimum atomic E-state index is -0.244. The maximum atomic E-state index is 13.5. The van der Waals surface area contributed by atoms with Crippen molar-refractivity contribution in [2.75, 3.05) is 0 Å². The van der Waals surface area contributed by atoms with Gasteiger partial charge in [0.1, 0.15) is 11.6 Å². The van der Waals surface area contributed by atoms with Crippen LogP contribution in [-0.4, -0.2) is 16.6 Å². The molecule has 3 nitrogen and oxygen atoms in total. The fourth-order valence-corrected chi connectivity index (χ4v) is 4.02. The van der Waals surface area contributed by atoms with Gasteiger partial charge in [-0.1, -0.05) is 13.8 Å². The largest absolute Gasteiger partial charge is 0.313 e. The van der Waals surface area contributed by atoms with Crippen molar-refractivity contribution in [1.82, 2.24) is 4.57 Å². The van der Waals surface area contributed by atoms with Crippen LogP contribution in [0.1, 0.15) is 55.5 Å². The quantitative estimate of drug-likeness (QED) is 0.603. The molecule has 0 amide bonds. The van der Waals surface area contributed by atoms with Crippen molar-refractivity contribution in [3.8, 4) is 5.69 Å². The summed E-state index contributed by atoms with van der Waals surface area (Å²) in [5, 5.41) is 1.17. The molecule has 2 heterocycles. The predicted octanol–water partition coefficient (Wildman–Crippen LogP) is 5.35. The normalized spacial score (nSPS) is 12.9. The molecule has 2 aromatic carbocycles. The van der Waals surface area contributed by atoms with Gasteiger partial charge in [-0.25, -0.2) is 4.39 Å². The second-order valence-electron chi connectivity index (χ2n) is 7.57. The van der Waals surface area contributed by atoms with Gasteiger partial charge in [-0.2, -0.15) is 0 Å². The van der Waals surface area contributed by atoms with Gasteiger partial charge in [0.2, 0.25) is 0 Å². The number of nitrogens with zero attached hydrogens (tertiary/aromatic N) is 2. The van der Waals surface area contributed by atoms with Crippen LogP contribution in [0.25, 0.3) is 16.6 Å². The molecule has 0 spiro atoms. The molecule has 1 aliphatic rings. The van der Waals surface area contributed by atoms with Crippen LogP contribution < -0.4 is 0 Å². The summed E-state index contributed by atoms with van der Waals surface area (Å²) in [5.41, 5.74) is 6.80. The Hall–Kier alpha value is -2.75. The van der Waals surface area contributed by atoms with Gasteiger partial charge in [-0.05, 0) is 72.4 Å². The summed E-state index contributed by atoms with van der Waals surface area (Å²) in [6, 6.07) is 11.0. The van der Waals surface area contributed by atoms with Gasteiger partial charge in [0.25, 0.3) is 0 Å². The van der Waals surface area contributed by atoms with Crippen molar-refractivity contribution in [2.24, 2.45) is 4.99 Å². The maximum absolute atomic E-state index is 13.5.